The molecule has 0 atom stereocenters. The van der Waals surface area contributed by atoms with Gasteiger partial charge in [-0.15, -0.1) is 23.5 Å². The van der Waals surface area contributed by atoms with Crippen LogP contribution in [0.3, 0.4) is 0 Å². The van der Waals surface area contributed by atoms with Crippen molar-refractivity contribution in [1.82, 2.24) is 0 Å². The largest absolute Gasteiger partial charge is 0.410 e. The van der Waals surface area contributed by atoms with Crippen LogP contribution in [0.5, 0.6) is 0 Å². The van der Waals surface area contributed by atoms with Gasteiger partial charge in [-0.2, -0.15) is 0 Å². The Balaban J connectivity index is 0. The molecule has 0 radical (unpaired) electrons. The summed E-state index contributed by atoms with van der Waals surface area (Å²) in [5.74, 6) is 0. The Bertz CT molecular complexity index is 142. The molecule has 0 aliphatic carbocycles. The summed E-state index contributed by atoms with van der Waals surface area (Å²) in [6, 6.07) is 0. The third-order valence-corrected chi connectivity index (χ3v) is 2.22. The van der Waals surface area contributed by atoms with Gasteiger partial charge in [0, 0.05) is 0 Å². The van der Waals surface area contributed by atoms with Crippen molar-refractivity contribution < 1.29 is 10.4 Å². The predicted octanol–water partition coefficient (Wildman–Crippen LogP) is 2.31. The van der Waals surface area contributed by atoms with Crippen LogP contribution in [-0.2, 0) is 0 Å². The number of hydrogen-bond acceptors (Lipinski definition) is 6. The van der Waals surface area contributed by atoms with Crippen molar-refractivity contribution in [2.75, 3.05) is 12.5 Å². The summed E-state index contributed by atoms with van der Waals surface area (Å²) in [7, 11) is 0. The van der Waals surface area contributed by atoms with Crippen LogP contribution in [0.25, 0.3) is 0 Å². The second-order valence-corrected chi connectivity index (χ2v) is 3.64. The number of nitrogens with zero attached hydrogens (tertiary/aromatic N) is 2. The first-order valence-electron chi connectivity index (χ1n) is 3.07. The Morgan fingerprint density at radius 2 is 1.17 bits per heavy atom. The van der Waals surface area contributed by atoms with E-state index >= 15 is 0 Å². The third kappa shape index (κ3) is 12.3. The highest BCUT2D eigenvalue weighted by Crippen LogP contribution is 1.93. The molecule has 12 heavy (non-hydrogen) atoms. The molecule has 0 aliphatic rings. The molecule has 0 fully saturated rings. The van der Waals surface area contributed by atoms with Crippen molar-refractivity contribution in [2.45, 2.75) is 13.8 Å². The molecule has 0 bridgehead atoms. The molecule has 6 heteroatoms. The molecular weight excluding hydrogens is 196 g/mol. The lowest BCUT2D eigenvalue weighted by molar-refractivity contribution is 0.320. The second kappa shape index (κ2) is 10.6. The van der Waals surface area contributed by atoms with Crippen molar-refractivity contribution >= 4 is 33.6 Å². The maximum absolute atomic E-state index is 7.90. The van der Waals surface area contributed by atoms with Crippen LogP contribution in [0.4, 0.5) is 0 Å². The zero-order chi connectivity index (χ0) is 9.98. The molecule has 0 aromatic carbocycles. The van der Waals surface area contributed by atoms with Gasteiger partial charge >= 0.3 is 0 Å². The van der Waals surface area contributed by atoms with Crippen LogP contribution < -0.4 is 0 Å². The second-order valence-electron chi connectivity index (χ2n) is 1.65. The van der Waals surface area contributed by atoms with Crippen LogP contribution in [0.1, 0.15) is 13.8 Å². The molecule has 2 N–H and O–H groups in total. The summed E-state index contributed by atoms with van der Waals surface area (Å²) in [6.07, 6.45) is 3.71. The smallest absolute Gasteiger partial charge is 0.109 e. The quantitative estimate of drug-likeness (QED) is 0.279. The minimum atomic E-state index is 0.690. The van der Waals surface area contributed by atoms with E-state index in [4.69, 9.17) is 10.4 Å². The van der Waals surface area contributed by atoms with Gasteiger partial charge in [0.2, 0.25) is 0 Å². The van der Waals surface area contributed by atoms with Gasteiger partial charge in [-0.3, -0.25) is 0 Å². The van der Waals surface area contributed by atoms with Crippen LogP contribution >= 0.6 is 23.5 Å². The van der Waals surface area contributed by atoms with Crippen molar-refractivity contribution in [3.05, 3.63) is 0 Å². The van der Waals surface area contributed by atoms with Crippen molar-refractivity contribution in [2.24, 2.45) is 10.3 Å². The van der Waals surface area contributed by atoms with Gasteiger partial charge in [-0.1, -0.05) is 10.3 Å². The summed E-state index contributed by atoms with van der Waals surface area (Å²) in [6.45, 7) is 3.48. The standard InChI is InChI=1S/2C3H7NOS/c2*1-3(4-5)6-2/h2*5H,1-2H3/b2*4-3+. The molecule has 4 nitrogen and oxygen atoms in total. The van der Waals surface area contributed by atoms with Crippen LogP contribution in [0.15, 0.2) is 10.3 Å². The van der Waals surface area contributed by atoms with Crippen molar-refractivity contribution in [3.63, 3.8) is 0 Å². The van der Waals surface area contributed by atoms with Crippen LogP contribution in [0.2, 0.25) is 0 Å². The summed E-state index contributed by atoms with van der Waals surface area (Å²) in [5.41, 5.74) is 0. The fourth-order valence-electron chi connectivity index (χ4n) is 0.0816. The molecule has 0 unspecified atom stereocenters. The fraction of sp³-hybridized carbons (Fsp3) is 0.667. The number of thioether (sulfide) groups is 2. The topological polar surface area (TPSA) is 65.2 Å². The minimum Gasteiger partial charge on any atom is -0.410 e. The van der Waals surface area contributed by atoms with E-state index in [9.17, 15) is 0 Å². The lowest BCUT2D eigenvalue weighted by Gasteiger charge is -1.81. The first-order valence-corrected chi connectivity index (χ1v) is 5.52. The Hall–Kier alpha value is -0.360. The van der Waals surface area contributed by atoms with Crippen molar-refractivity contribution in [1.29, 1.82) is 0 Å². The van der Waals surface area contributed by atoms with Crippen LogP contribution in [-0.4, -0.2) is 33.0 Å². The minimum absolute atomic E-state index is 0.690. The van der Waals surface area contributed by atoms with E-state index in [1.54, 1.807) is 13.8 Å². The van der Waals surface area contributed by atoms with E-state index < -0.39 is 0 Å². The summed E-state index contributed by atoms with van der Waals surface area (Å²) < 4.78 is 0. The molecule has 0 saturated heterocycles. The van der Waals surface area contributed by atoms with Gasteiger partial charge in [0.1, 0.15) is 10.1 Å². The molecule has 0 rings (SSSR count). The molecule has 0 aliphatic heterocycles. The van der Waals surface area contributed by atoms with Gasteiger partial charge < -0.3 is 10.4 Å². The van der Waals surface area contributed by atoms with E-state index in [0.29, 0.717) is 10.1 Å². The van der Waals surface area contributed by atoms with Crippen LogP contribution in [0, 0.1) is 0 Å². The normalized spacial score (nSPS) is 12.0. The average molecular weight is 210 g/mol. The zero-order valence-electron chi connectivity index (χ0n) is 7.61. The lowest BCUT2D eigenvalue weighted by atomic mass is 10.9. The summed E-state index contributed by atoms with van der Waals surface area (Å²) >= 11 is 2.85. The maximum Gasteiger partial charge on any atom is 0.109 e. The highest BCUT2D eigenvalue weighted by Gasteiger charge is 1.78. The third-order valence-electron chi connectivity index (χ3n) is 0.872. The number of hydrogen-bond donors (Lipinski definition) is 2. The van der Waals surface area contributed by atoms with E-state index in [1.165, 1.54) is 23.5 Å². The molecule has 0 aromatic heterocycles. The first-order chi connectivity index (χ1) is 5.62. The van der Waals surface area contributed by atoms with E-state index in [-0.39, 0.29) is 0 Å². The highest BCUT2D eigenvalue weighted by molar-refractivity contribution is 8.13. The molecule has 0 heterocycles. The fourth-order valence-corrected chi connectivity index (χ4v) is 0.245. The summed E-state index contributed by atoms with van der Waals surface area (Å²) in [5, 5.41) is 23.0. The van der Waals surface area contributed by atoms with E-state index in [2.05, 4.69) is 10.3 Å². The predicted molar refractivity (Wildman–Crippen MR) is 56.8 cm³/mol. The Labute approximate surface area is 81.1 Å². The average Bonchev–Trinajstić information content (AvgIpc) is 2.16. The first kappa shape index (κ1) is 14.2. The SMILES string of the molecule is CS/C(C)=N/O.CS/C(C)=N/O. The lowest BCUT2D eigenvalue weighted by Crippen LogP contribution is -1.76. The van der Waals surface area contributed by atoms with Gasteiger partial charge in [-0.25, -0.2) is 0 Å². The monoisotopic (exact) mass is 210 g/mol. The van der Waals surface area contributed by atoms with Crippen molar-refractivity contribution in [3.8, 4) is 0 Å². The molecule has 0 saturated carbocycles. The van der Waals surface area contributed by atoms with Gasteiger partial charge in [0.25, 0.3) is 0 Å². The Morgan fingerprint density at radius 3 is 1.17 bits per heavy atom. The van der Waals surface area contributed by atoms with E-state index in [1.807, 2.05) is 12.5 Å². The van der Waals surface area contributed by atoms with Gasteiger partial charge in [0.05, 0.1) is 0 Å². The van der Waals surface area contributed by atoms with Gasteiger partial charge in [0.15, 0.2) is 0 Å². The number of rotatable bonds is 0. The summed E-state index contributed by atoms with van der Waals surface area (Å²) in [4.78, 5) is 0. The van der Waals surface area contributed by atoms with E-state index in [0.717, 1.165) is 0 Å². The molecule has 0 aromatic rings. The Kier molecular flexibility index (Phi) is 12.6. The highest BCUT2D eigenvalue weighted by atomic mass is 32.2. The van der Waals surface area contributed by atoms with Gasteiger partial charge in [-0.05, 0) is 26.4 Å². The zero-order valence-corrected chi connectivity index (χ0v) is 9.24. The maximum atomic E-state index is 7.90. The molecule has 0 spiro atoms. The molecular formula is C6H14N2O2S2. The Morgan fingerprint density at radius 1 is 0.917 bits per heavy atom. The molecule has 72 valence electrons. The number of oxime groups is 2. The molecule has 0 amide bonds.